The van der Waals surface area contributed by atoms with Crippen molar-refractivity contribution in [2.45, 2.75) is 31.4 Å². The summed E-state index contributed by atoms with van der Waals surface area (Å²) in [7, 11) is -0.429. The summed E-state index contributed by atoms with van der Waals surface area (Å²) in [5.74, 6) is -0.286. The lowest BCUT2D eigenvalue weighted by Gasteiger charge is -2.16. The molecule has 0 N–H and O–H groups in total. The zero-order valence-electron chi connectivity index (χ0n) is 21.5. The lowest BCUT2D eigenvalue weighted by atomic mass is 10.0. The van der Waals surface area contributed by atoms with E-state index in [0.717, 1.165) is 10.8 Å². The summed E-state index contributed by atoms with van der Waals surface area (Å²) in [4.78, 5) is 19.0. The Bertz CT molecular complexity index is 1760. The lowest BCUT2D eigenvalue weighted by molar-refractivity contribution is 0.0528. The van der Waals surface area contributed by atoms with Gasteiger partial charge in [0.1, 0.15) is 10.9 Å². The van der Waals surface area contributed by atoms with Gasteiger partial charge in [0.2, 0.25) is 0 Å². The standard InChI is InChI=1S/C35H27O2S2/c1-2-37-35(36)31-22-24-32(30-20-12-11-19-29(30)31)39(27-16-7-4-8-17-27)33-23-21-25-13-9-10-18-28(25)34(33)38-26-14-5-3-6-15-26/h3-24H,2H2,1H3/q+1. The Morgan fingerprint density at radius 2 is 1.26 bits per heavy atom. The largest absolute Gasteiger partial charge is 0.462 e. The van der Waals surface area contributed by atoms with Crippen molar-refractivity contribution in [3.8, 4) is 0 Å². The first-order valence-electron chi connectivity index (χ1n) is 13.0. The molecule has 0 saturated heterocycles. The molecule has 2 nitrogen and oxygen atoms in total. The fourth-order valence-electron chi connectivity index (χ4n) is 4.86. The fraction of sp³-hybridized carbons (Fsp3) is 0.0571. The number of ether oxygens (including phenoxy) is 1. The van der Waals surface area contributed by atoms with Crippen molar-refractivity contribution in [3.05, 3.63) is 139 Å². The molecule has 6 aromatic carbocycles. The van der Waals surface area contributed by atoms with E-state index in [9.17, 15) is 4.79 Å². The highest BCUT2D eigenvalue weighted by molar-refractivity contribution is 8.01. The molecule has 6 rings (SSSR count). The van der Waals surface area contributed by atoms with E-state index in [1.165, 1.54) is 35.2 Å². The fourth-order valence-corrected chi connectivity index (χ4v) is 8.50. The van der Waals surface area contributed by atoms with Crippen molar-refractivity contribution in [1.82, 2.24) is 0 Å². The smallest absolute Gasteiger partial charge is 0.338 e. The summed E-state index contributed by atoms with van der Waals surface area (Å²) in [6.45, 7) is 2.19. The van der Waals surface area contributed by atoms with Crippen LogP contribution in [-0.4, -0.2) is 12.6 Å². The Morgan fingerprint density at radius 1 is 0.641 bits per heavy atom. The Morgan fingerprint density at radius 3 is 2.00 bits per heavy atom. The highest BCUT2D eigenvalue weighted by Crippen LogP contribution is 2.45. The number of hydrogen-bond acceptors (Lipinski definition) is 3. The summed E-state index contributed by atoms with van der Waals surface area (Å²) in [5.41, 5.74) is 0.602. The number of carbonyl (C=O) groups excluding carboxylic acids is 1. The lowest BCUT2D eigenvalue weighted by Crippen LogP contribution is -2.10. The van der Waals surface area contributed by atoms with Gasteiger partial charge >= 0.3 is 5.97 Å². The monoisotopic (exact) mass is 543 g/mol. The molecule has 0 aliphatic rings. The highest BCUT2D eigenvalue weighted by atomic mass is 32.2. The number of esters is 1. The van der Waals surface area contributed by atoms with Crippen molar-refractivity contribution in [1.29, 1.82) is 0 Å². The van der Waals surface area contributed by atoms with Gasteiger partial charge in [-0.25, -0.2) is 4.79 Å². The van der Waals surface area contributed by atoms with E-state index in [4.69, 9.17) is 4.74 Å². The second-order valence-electron chi connectivity index (χ2n) is 9.03. The van der Waals surface area contributed by atoms with Crippen molar-refractivity contribution in [2.75, 3.05) is 6.61 Å². The quantitative estimate of drug-likeness (QED) is 0.148. The average molecular weight is 544 g/mol. The summed E-state index contributed by atoms with van der Waals surface area (Å²) in [5, 5.41) is 4.45. The van der Waals surface area contributed by atoms with Crippen LogP contribution in [0.4, 0.5) is 0 Å². The topological polar surface area (TPSA) is 26.3 Å². The SMILES string of the molecule is CCOC(=O)c1ccc([S+](c2ccccc2)c2ccc3ccccc3c2Sc2ccccc2)c2ccccc12. The molecule has 4 heteroatoms. The Hall–Kier alpha value is -3.99. The first kappa shape index (κ1) is 25.3. The van der Waals surface area contributed by atoms with E-state index in [2.05, 4.69) is 109 Å². The molecule has 1 atom stereocenters. The second kappa shape index (κ2) is 11.4. The Kier molecular flexibility index (Phi) is 7.40. The summed E-state index contributed by atoms with van der Waals surface area (Å²) in [6.07, 6.45) is 0. The molecule has 0 bridgehead atoms. The van der Waals surface area contributed by atoms with Crippen LogP contribution in [-0.2, 0) is 15.6 Å². The van der Waals surface area contributed by atoms with Crippen LogP contribution in [0.3, 0.4) is 0 Å². The zero-order valence-corrected chi connectivity index (χ0v) is 23.2. The number of carbonyl (C=O) groups is 1. The molecular formula is C35H27O2S2+. The van der Waals surface area contributed by atoms with Gasteiger partial charge in [0.25, 0.3) is 0 Å². The molecule has 0 fully saturated rings. The van der Waals surface area contributed by atoms with Crippen LogP contribution < -0.4 is 0 Å². The third-order valence-corrected chi connectivity index (χ3v) is 10.2. The minimum Gasteiger partial charge on any atom is -0.462 e. The highest BCUT2D eigenvalue weighted by Gasteiger charge is 2.35. The maximum Gasteiger partial charge on any atom is 0.338 e. The second-order valence-corrected chi connectivity index (χ2v) is 12.1. The van der Waals surface area contributed by atoms with Gasteiger partial charge in [-0.2, -0.15) is 0 Å². The van der Waals surface area contributed by atoms with Crippen LogP contribution >= 0.6 is 11.8 Å². The van der Waals surface area contributed by atoms with E-state index < -0.39 is 10.9 Å². The van der Waals surface area contributed by atoms with Crippen LogP contribution in [0, 0.1) is 0 Å². The minimum atomic E-state index is -0.429. The van der Waals surface area contributed by atoms with E-state index in [-0.39, 0.29) is 5.97 Å². The predicted molar refractivity (Wildman–Crippen MR) is 163 cm³/mol. The molecule has 0 heterocycles. The Labute approximate surface area is 236 Å². The van der Waals surface area contributed by atoms with E-state index in [0.29, 0.717) is 12.2 Å². The minimum absolute atomic E-state index is 0.286. The van der Waals surface area contributed by atoms with E-state index in [1.54, 1.807) is 0 Å². The molecule has 0 aliphatic heterocycles. The number of fused-ring (bicyclic) bond motifs is 2. The van der Waals surface area contributed by atoms with Gasteiger partial charge in [-0.15, -0.1) is 0 Å². The maximum atomic E-state index is 12.9. The first-order chi connectivity index (χ1) is 19.2. The number of benzene rings is 6. The molecule has 6 aromatic rings. The number of rotatable bonds is 7. The summed E-state index contributed by atoms with van der Waals surface area (Å²) >= 11 is 1.81. The van der Waals surface area contributed by atoms with Gasteiger partial charge in [-0.1, -0.05) is 90.6 Å². The van der Waals surface area contributed by atoms with Crippen molar-refractivity contribution in [3.63, 3.8) is 0 Å². The van der Waals surface area contributed by atoms with Gasteiger partial charge in [0, 0.05) is 21.1 Å². The third-order valence-electron chi connectivity index (χ3n) is 6.60. The molecule has 1 unspecified atom stereocenters. The first-order valence-corrected chi connectivity index (χ1v) is 15.0. The summed E-state index contributed by atoms with van der Waals surface area (Å²) in [6, 6.07) is 46.6. The van der Waals surface area contributed by atoms with Crippen molar-refractivity contribution in [2.24, 2.45) is 0 Å². The molecule has 0 amide bonds. The molecule has 190 valence electrons. The molecule has 0 aromatic heterocycles. The van der Waals surface area contributed by atoms with Crippen LogP contribution in [0.5, 0.6) is 0 Å². The average Bonchev–Trinajstić information content (AvgIpc) is 2.99. The van der Waals surface area contributed by atoms with Gasteiger partial charge in [-0.05, 0) is 66.9 Å². The molecule has 0 radical (unpaired) electrons. The van der Waals surface area contributed by atoms with E-state index in [1.807, 2.05) is 43.0 Å². The van der Waals surface area contributed by atoms with Gasteiger partial charge < -0.3 is 4.74 Å². The van der Waals surface area contributed by atoms with Crippen molar-refractivity contribution >= 4 is 50.2 Å². The molecule has 0 spiro atoms. The molecule has 39 heavy (non-hydrogen) atoms. The van der Waals surface area contributed by atoms with E-state index >= 15 is 0 Å². The van der Waals surface area contributed by atoms with Crippen LogP contribution in [0.2, 0.25) is 0 Å². The van der Waals surface area contributed by atoms with Crippen molar-refractivity contribution < 1.29 is 9.53 Å². The van der Waals surface area contributed by atoms with Crippen LogP contribution in [0.25, 0.3) is 21.5 Å². The predicted octanol–water partition coefficient (Wildman–Crippen LogP) is 9.42. The maximum absolute atomic E-state index is 12.9. The number of hydrogen-bond donors (Lipinski definition) is 0. The zero-order chi connectivity index (χ0) is 26.6. The van der Waals surface area contributed by atoms with Crippen LogP contribution in [0.1, 0.15) is 17.3 Å². The summed E-state index contributed by atoms with van der Waals surface area (Å²) < 4.78 is 5.40. The third kappa shape index (κ3) is 5.06. The normalized spacial score (nSPS) is 11.9. The van der Waals surface area contributed by atoms with Gasteiger partial charge in [0.15, 0.2) is 14.7 Å². The Balaban J connectivity index is 1.63. The molecule has 0 aliphatic carbocycles. The van der Waals surface area contributed by atoms with Crippen LogP contribution in [0.15, 0.2) is 158 Å². The van der Waals surface area contributed by atoms with Gasteiger partial charge in [-0.3, -0.25) is 0 Å². The van der Waals surface area contributed by atoms with Gasteiger partial charge in [0.05, 0.1) is 17.1 Å². The molecule has 0 saturated carbocycles. The molecular weight excluding hydrogens is 517 g/mol.